The van der Waals surface area contributed by atoms with Gasteiger partial charge in [-0.15, -0.1) is 0 Å². The van der Waals surface area contributed by atoms with Gasteiger partial charge in [-0.25, -0.2) is 17.9 Å². The number of hydrogen-bond acceptors (Lipinski definition) is 5. The van der Waals surface area contributed by atoms with Crippen LogP contribution in [0.25, 0.3) is 0 Å². The van der Waals surface area contributed by atoms with Crippen LogP contribution >= 0.6 is 23.2 Å². The van der Waals surface area contributed by atoms with Crippen LogP contribution < -0.4 is 10.0 Å². The Kier molecular flexibility index (Phi) is 7.42. The maximum Gasteiger partial charge on any atom is 0.338 e. The van der Waals surface area contributed by atoms with Crippen LogP contribution in [0.4, 0.5) is 0 Å². The number of halogens is 2. The summed E-state index contributed by atoms with van der Waals surface area (Å²) < 4.78 is 30.7. The second-order valence-corrected chi connectivity index (χ2v) is 8.50. The molecular weight excluding hydrogens is 427 g/mol. The Morgan fingerprint density at radius 3 is 2.50 bits per heavy atom. The largest absolute Gasteiger partial charge is 0.452 e. The molecule has 0 saturated heterocycles. The molecule has 0 spiro atoms. The third-order valence-corrected chi connectivity index (χ3v) is 5.76. The quantitative estimate of drug-likeness (QED) is 0.639. The molecule has 2 N–H and O–H groups in total. The average Bonchev–Trinajstić information content (AvgIpc) is 2.66. The van der Waals surface area contributed by atoms with Gasteiger partial charge in [0, 0.05) is 10.0 Å². The van der Waals surface area contributed by atoms with Crippen LogP contribution in [-0.4, -0.2) is 33.9 Å². The Hall–Kier alpha value is -2.13. The number of sulfonamides is 1. The van der Waals surface area contributed by atoms with Crippen LogP contribution in [-0.2, 0) is 19.6 Å². The Bertz CT molecular complexity index is 995. The average molecular weight is 445 g/mol. The summed E-state index contributed by atoms with van der Waals surface area (Å²) in [5.41, 5.74) is 0.675. The molecule has 1 unspecified atom stereocenters. The van der Waals surface area contributed by atoms with Crippen LogP contribution in [0.1, 0.15) is 28.9 Å². The lowest BCUT2D eigenvalue weighted by molar-refractivity contribution is -0.124. The molecule has 2 rings (SSSR count). The number of ether oxygens (including phenoxy) is 1. The Morgan fingerprint density at radius 2 is 1.86 bits per heavy atom. The van der Waals surface area contributed by atoms with Gasteiger partial charge in [0.05, 0.1) is 16.5 Å². The lowest BCUT2D eigenvalue weighted by atomic mass is 10.1. The Balaban J connectivity index is 1.97. The highest BCUT2D eigenvalue weighted by Crippen LogP contribution is 2.26. The molecule has 1 atom stereocenters. The van der Waals surface area contributed by atoms with Crippen molar-refractivity contribution in [1.82, 2.24) is 10.0 Å². The highest BCUT2D eigenvalue weighted by atomic mass is 35.5. The second-order valence-electron chi connectivity index (χ2n) is 5.77. The molecule has 0 aliphatic rings. The predicted molar refractivity (Wildman–Crippen MR) is 106 cm³/mol. The van der Waals surface area contributed by atoms with Crippen molar-refractivity contribution in [2.24, 2.45) is 0 Å². The summed E-state index contributed by atoms with van der Waals surface area (Å²) >= 11 is 12.0. The smallest absolute Gasteiger partial charge is 0.338 e. The second kappa shape index (κ2) is 9.38. The van der Waals surface area contributed by atoms with Gasteiger partial charge < -0.3 is 10.1 Å². The highest BCUT2D eigenvalue weighted by Gasteiger charge is 2.17. The fraction of sp³-hybridized carbons (Fsp3) is 0.222. The van der Waals surface area contributed by atoms with Gasteiger partial charge in [-0.2, -0.15) is 0 Å². The van der Waals surface area contributed by atoms with E-state index < -0.39 is 34.5 Å². The molecule has 0 aliphatic carbocycles. The summed E-state index contributed by atoms with van der Waals surface area (Å²) in [6.07, 6.45) is 0. The molecule has 0 aliphatic heterocycles. The fourth-order valence-electron chi connectivity index (χ4n) is 2.34. The summed E-state index contributed by atoms with van der Waals surface area (Å²) in [6, 6.07) is 9.78. The van der Waals surface area contributed by atoms with Crippen molar-refractivity contribution in [2.45, 2.75) is 17.9 Å². The van der Waals surface area contributed by atoms with E-state index in [9.17, 15) is 18.0 Å². The van der Waals surface area contributed by atoms with E-state index in [-0.39, 0.29) is 10.5 Å². The summed E-state index contributed by atoms with van der Waals surface area (Å²) in [5.74, 6) is -1.36. The number of carbonyl (C=O) groups is 2. The van der Waals surface area contributed by atoms with Gasteiger partial charge in [-0.1, -0.05) is 35.3 Å². The van der Waals surface area contributed by atoms with Crippen LogP contribution in [0.15, 0.2) is 47.4 Å². The zero-order valence-electron chi connectivity index (χ0n) is 15.0. The molecule has 7 nitrogen and oxygen atoms in total. The maximum atomic E-state index is 12.1. The molecule has 10 heteroatoms. The van der Waals surface area contributed by atoms with Crippen molar-refractivity contribution in [2.75, 3.05) is 13.7 Å². The van der Waals surface area contributed by atoms with Crippen molar-refractivity contribution >= 4 is 45.1 Å². The highest BCUT2D eigenvalue weighted by molar-refractivity contribution is 7.89. The summed E-state index contributed by atoms with van der Waals surface area (Å²) in [6.45, 7) is 1.19. The van der Waals surface area contributed by atoms with Crippen molar-refractivity contribution in [1.29, 1.82) is 0 Å². The number of carbonyl (C=O) groups excluding carboxylic acids is 2. The van der Waals surface area contributed by atoms with Gasteiger partial charge in [0.1, 0.15) is 0 Å². The van der Waals surface area contributed by atoms with Crippen LogP contribution in [0.3, 0.4) is 0 Å². The van der Waals surface area contributed by atoms with E-state index in [1.54, 1.807) is 25.1 Å². The summed E-state index contributed by atoms with van der Waals surface area (Å²) in [7, 11) is -2.44. The molecule has 0 saturated carbocycles. The molecule has 2 aromatic carbocycles. The van der Waals surface area contributed by atoms with Crippen molar-refractivity contribution < 1.29 is 22.7 Å². The monoisotopic (exact) mass is 444 g/mol. The van der Waals surface area contributed by atoms with E-state index >= 15 is 0 Å². The minimum atomic E-state index is -3.70. The number of esters is 1. The molecule has 0 fully saturated rings. The molecule has 0 aromatic heterocycles. The Labute approximate surface area is 173 Å². The third-order valence-electron chi connectivity index (χ3n) is 3.79. The Morgan fingerprint density at radius 1 is 1.14 bits per heavy atom. The van der Waals surface area contributed by atoms with Gasteiger partial charge in [0.2, 0.25) is 10.0 Å². The minimum absolute atomic E-state index is 0.0120. The fourth-order valence-corrected chi connectivity index (χ4v) is 3.68. The lowest BCUT2D eigenvalue weighted by Crippen LogP contribution is -2.31. The van der Waals surface area contributed by atoms with E-state index in [4.69, 9.17) is 27.9 Å². The summed E-state index contributed by atoms with van der Waals surface area (Å²) in [5, 5.41) is 3.54. The number of amides is 1. The first kappa shape index (κ1) is 22.2. The van der Waals surface area contributed by atoms with Gasteiger partial charge in [0.15, 0.2) is 6.61 Å². The number of benzene rings is 2. The first-order chi connectivity index (χ1) is 13.1. The maximum absolute atomic E-state index is 12.1. The van der Waals surface area contributed by atoms with E-state index in [0.29, 0.717) is 15.6 Å². The first-order valence-electron chi connectivity index (χ1n) is 8.09. The molecule has 0 bridgehead atoms. The van der Waals surface area contributed by atoms with Gasteiger partial charge >= 0.3 is 5.97 Å². The molecular formula is C18H18Cl2N2O5S. The first-order valence-corrected chi connectivity index (χ1v) is 10.3. The third kappa shape index (κ3) is 5.68. The molecule has 0 heterocycles. The minimum Gasteiger partial charge on any atom is -0.452 e. The predicted octanol–water partition coefficient (Wildman–Crippen LogP) is 2.94. The SMILES string of the molecule is CNS(=O)(=O)c1cccc(C(=O)OCC(=O)NC(C)c2ccc(Cl)cc2Cl)c1. The number of rotatable bonds is 7. The van der Waals surface area contributed by atoms with Gasteiger partial charge in [-0.3, -0.25) is 4.79 Å². The van der Waals surface area contributed by atoms with Crippen LogP contribution in [0.2, 0.25) is 10.0 Å². The number of nitrogens with one attached hydrogen (secondary N) is 2. The van der Waals surface area contributed by atoms with Crippen molar-refractivity contribution in [3.05, 3.63) is 63.6 Å². The standard InChI is InChI=1S/C18H18Cl2N2O5S/c1-11(15-7-6-13(19)9-16(15)20)22-17(23)10-27-18(24)12-4-3-5-14(8-12)28(25,26)21-2/h3-9,11,21H,10H2,1-2H3,(H,22,23). The molecule has 150 valence electrons. The van der Waals surface area contributed by atoms with Crippen LogP contribution in [0.5, 0.6) is 0 Å². The van der Waals surface area contributed by atoms with Crippen LogP contribution in [0, 0.1) is 0 Å². The summed E-state index contributed by atoms with van der Waals surface area (Å²) in [4.78, 5) is 24.1. The molecule has 0 radical (unpaired) electrons. The van der Waals surface area contributed by atoms with Crippen molar-refractivity contribution in [3.63, 3.8) is 0 Å². The van der Waals surface area contributed by atoms with E-state index in [2.05, 4.69) is 10.0 Å². The molecule has 2 aromatic rings. The molecule has 1 amide bonds. The van der Waals surface area contributed by atoms with E-state index in [0.717, 1.165) is 0 Å². The van der Waals surface area contributed by atoms with Crippen molar-refractivity contribution in [3.8, 4) is 0 Å². The van der Waals surface area contributed by atoms with E-state index in [1.807, 2.05) is 0 Å². The molecule has 28 heavy (non-hydrogen) atoms. The van der Waals surface area contributed by atoms with Gasteiger partial charge in [0.25, 0.3) is 5.91 Å². The normalized spacial score (nSPS) is 12.3. The number of hydrogen-bond donors (Lipinski definition) is 2. The van der Waals surface area contributed by atoms with Gasteiger partial charge in [-0.05, 0) is 49.9 Å². The lowest BCUT2D eigenvalue weighted by Gasteiger charge is -2.16. The zero-order valence-corrected chi connectivity index (χ0v) is 17.4. The topological polar surface area (TPSA) is 102 Å². The zero-order chi connectivity index (χ0) is 20.9. The van der Waals surface area contributed by atoms with E-state index in [1.165, 1.54) is 31.3 Å².